The van der Waals surface area contributed by atoms with E-state index in [9.17, 15) is 0 Å². The standard InChI is InChI=1S/C10H10N6S9/c1-17-5-11-13-7(23-5)19-3-21-9-15-16-10(25-9)22-4-20-8-14-12-6(18-2)24-8/h3-4H2,1-2H3. The number of nitrogens with zero attached hydrogens (tertiary/aromatic N) is 6. The van der Waals surface area contributed by atoms with Gasteiger partial charge in [0, 0.05) is 0 Å². The molecule has 0 amide bonds. The van der Waals surface area contributed by atoms with E-state index < -0.39 is 0 Å². The first-order chi connectivity index (χ1) is 12.3. The molecule has 0 aromatic carbocycles. The van der Waals surface area contributed by atoms with Gasteiger partial charge in [-0.3, -0.25) is 0 Å². The van der Waals surface area contributed by atoms with E-state index >= 15 is 0 Å². The van der Waals surface area contributed by atoms with Crippen molar-refractivity contribution >= 4 is 105 Å². The number of hydrogen-bond acceptors (Lipinski definition) is 15. The second-order valence-electron chi connectivity index (χ2n) is 3.72. The fraction of sp³-hybridized carbons (Fsp3) is 0.400. The Balaban J connectivity index is 1.38. The molecular weight excluding hydrogens is 493 g/mol. The highest BCUT2D eigenvalue weighted by atomic mass is 32.2. The molecule has 0 aliphatic rings. The van der Waals surface area contributed by atoms with Crippen LogP contribution in [-0.4, -0.2) is 53.3 Å². The molecule has 0 aliphatic carbocycles. The van der Waals surface area contributed by atoms with Gasteiger partial charge in [-0.1, -0.05) is 105 Å². The normalized spacial score (nSPS) is 11.3. The molecule has 15 heteroatoms. The fourth-order valence-corrected chi connectivity index (χ4v) is 10.1. The van der Waals surface area contributed by atoms with E-state index in [1.807, 2.05) is 12.5 Å². The largest absolute Gasteiger partial charge is 0.175 e. The first kappa shape index (κ1) is 20.5. The van der Waals surface area contributed by atoms with Crippen molar-refractivity contribution in [1.82, 2.24) is 30.6 Å². The average Bonchev–Trinajstić information content (AvgIpc) is 3.36. The number of aromatic nitrogens is 6. The molecule has 134 valence electrons. The zero-order valence-corrected chi connectivity index (χ0v) is 20.1. The van der Waals surface area contributed by atoms with E-state index in [0.29, 0.717) is 0 Å². The van der Waals surface area contributed by atoms with E-state index in [-0.39, 0.29) is 0 Å². The second-order valence-corrected chi connectivity index (χ2v) is 14.4. The maximum Gasteiger partial charge on any atom is 0.175 e. The first-order valence-electron chi connectivity index (χ1n) is 6.36. The molecule has 0 fully saturated rings. The van der Waals surface area contributed by atoms with E-state index in [1.165, 1.54) is 0 Å². The van der Waals surface area contributed by atoms with Crippen LogP contribution >= 0.6 is 105 Å². The van der Waals surface area contributed by atoms with Gasteiger partial charge in [0.25, 0.3) is 0 Å². The molecule has 0 spiro atoms. The maximum atomic E-state index is 4.23. The molecule has 0 unspecified atom stereocenters. The van der Waals surface area contributed by atoms with Crippen molar-refractivity contribution in [2.45, 2.75) is 26.0 Å². The van der Waals surface area contributed by atoms with Gasteiger partial charge in [0.05, 0.1) is 10.2 Å². The van der Waals surface area contributed by atoms with Crippen LogP contribution in [0.1, 0.15) is 0 Å². The molecule has 6 nitrogen and oxygen atoms in total. The molecule has 0 radical (unpaired) electrons. The van der Waals surface area contributed by atoms with Crippen LogP contribution in [0.2, 0.25) is 0 Å². The molecule has 25 heavy (non-hydrogen) atoms. The number of rotatable bonds is 10. The summed E-state index contributed by atoms with van der Waals surface area (Å²) in [6, 6.07) is 0. The summed E-state index contributed by atoms with van der Waals surface area (Å²) in [5, 5.41) is 26.7. The second kappa shape index (κ2) is 10.9. The van der Waals surface area contributed by atoms with Gasteiger partial charge in [-0.25, -0.2) is 0 Å². The van der Waals surface area contributed by atoms with Crippen molar-refractivity contribution in [2.24, 2.45) is 0 Å². The third-order valence-corrected chi connectivity index (χ3v) is 11.8. The third kappa shape index (κ3) is 6.71. The summed E-state index contributed by atoms with van der Waals surface area (Å²) in [6.45, 7) is 0. The summed E-state index contributed by atoms with van der Waals surface area (Å²) in [5.41, 5.74) is 0. The Labute approximate surface area is 182 Å². The van der Waals surface area contributed by atoms with Crippen molar-refractivity contribution < 1.29 is 0 Å². The first-order valence-corrected chi connectivity index (χ1v) is 15.2. The van der Waals surface area contributed by atoms with Crippen LogP contribution in [0.5, 0.6) is 0 Å². The highest BCUT2D eigenvalue weighted by Gasteiger charge is 2.09. The van der Waals surface area contributed by atoms with Crippen LogP contribution in [0.4, 0.5) is 0 Å². The van der Waals surface area contributed by atoms with Gasteiger partial charge >= 0.3 is 0 Å². The Kier molecular flexibility index (Phi) is 8.98. The highest BCUT2D eigenvalue weighted by Crippen LogP contribution is 2.36. The van der Waals surface area contributed by atoms with Crippen molar-refractivity contribution in [3.05, 3.63) is 0 Å². The fourth-order valence-electron chi connectivity index (χ4n) is 1.25. The molecule has 3 heterocycles. The Morgan fingerprint density at radius 1 is 0.520 bits per heavy atom. The average molecular weight is 503 g/mol. The lowest BCUT2D eigenvalue weighted by Crippen LogP contribution is -1.75. The van der Waals surface area contributed by atoms with E-state index in [4.69, 9.17) is 0 Å². The highest BCUT2D eigenvalue weighted by molar-refractivity contribution is 8.18. The molecule has 3 aromatic rings. The summed E-state index contributed by atoms with van der Waals surface area (Å²) >= 11 is 14.9. The van der Waals surface area contributed by atoms with E-state index in [0.717, 1.165) is 36.2 Å². The molecular formula is C10H10N6S9. The minimum atomic E-state index is 0.860. The quantitative estimate of drug-likeness (QED) is 0.264. The van der Waals surface area contributed by atoms with Crippen LogP contribution in [0, 0.1) is 0 Å². The predicted octanol–water partition coefficient (Wildman–Crippen LogP) is 5.37. The van der Waals surface area contributed by atoms with Crippen LogP contribution in [0.15, 0.2) is 26.0 Å². The minimum absolute atomic E-state index is 0.860. The topological polar surface area (TPSA) is 77.3 Å². The van der Waals surface area contributed by atoms with Gasteiger partial charge in [-0.05, 0) is 12.5 Å². The summed E-state index contributed by atoms with van der Waals surface area (Å²) in [6.07, 6.45) is 4.02. The van der Waals surface area contributed by atoms with Crippen molar-refractivity contribution in [1.29, 1.82) is 0 Å². The SMILES string of the molecule is CSc1nnc(SCSc2nnc(SCSc3nnc(SC)s3)s2)s1. The monoisotopic (exact) mass is 502 g/mol. The van der Waals surface area contributed by atoms with Crippen molar-refractivity contribution in [3.63, 3.8) is 0 Å². The zero-order valence-electron chi connectivity index (χ0n) is 12.8. The van der Waals surface area contributed by atoms with Crippen LogP contribution in [0.3, 0.4) is 0 Å². The maximum absolute atomic E-state index is 4.23. The minimum Gasteiger partial charge on any atom is -0.131 e. The van der Waals surface area contributed by atoms with Gasteiger partial charge in [-0.15, -0.1) is 30.6 Å². The lowest BCUT2D eigenvalue weighted by atomic mass is 11.5. The van der Waals surface area contributed by atoms with Gasteiger partial charge in [0.2, 0.25) is 0 Å². The summed E-state index contributed by atoms with van der Waals surface area (Å²) < 4.78 is 5.95. The lowest BCUT2D eigenvalue weighted by molar-refractivity contribution is 0.954. The van der Waals surface area contributed by atoms with E-state index in [2.05, 4.69) is 30.6 Å². The molecule has 0 saturated heterocycles. The Morgan fingerprint density at radius 3 is 1.08 bits per heavy atom. The lowest BCUT2D eigenvalue weighted by Gasteiger charge is -1.93. The number of hydrogen-bond donors (Lipinski definition) is 0. The molecule has 0 N–H and O–H groups in total. The Bertz CT molecular complexity index is 723. The van der Waals surface area contributed by atoms with Crippen molar-refractivity contribution in [3.8, 4) is 0 Å². The van der Waals surface area contributed by atoms with Gasteiger partial charge in [0.15, 0.2) is 26.0 Å². The Morgan fingerprint density at radius 2 is 0.800 bits per heavy atom. The molecule has 3 rings (SSSR count). The van der Waals surface area contributed by atoms with Gasteiger partial charge in [-0.2, -0.15) is 0 Å². The molecule has 0 atom stereocenters. The smallest absolute Gasteiger partial charge is 0.131 e. The summed E-state index contributed by atoms with van der Waals surface area (Å²) in [4.78, 5) is 0. The molecule has 0 bridgehead atoms. The van der Waals surface area contributed by atoms with Gasteiger partial charge < -0.3 is 0 Å². The Hall–Kier alpha value is 0.780. The van der Waals surface area contributed by atoms with Crippen LogP contribution in [0.25, 0.3) is 0 Å². The summed E-state index contributed by atoms with van der Waals surface area (Å²) in [5.74, 6) is 0. The third-order valence-electron chi connectivity index (χ3n) is 2.24. The van der Waals surface area contributed by atoms with Crippen LogP contribution < -0.4 is 0 Å². The van der Waals surface area contributed by atoms with Gasteiger partial charge in [0.1, 0.15) is 0 Å². The molecule has 3 aromatic heterocycles. The molecule has 0 aliphatic heterocycles. The van der Waals surface area contributed by atoms with E-state index in [1.54, 1.807) is 105 Å². The van der Waals surface area contributed by atoms with Crippen molar-refractivity contribution in [2.75, 3.05) is 22.7 Å². The molecule has 0 saturated carbocycles. The van der Waals surface area contributed by atoms with Crippen LogP contribution in [-0.2, 0) is 0 Å². The number of thioether (sulfide) groups is 6. The summed E-state index contributed by atoms with van der Waals surface area (Å²) in [7, 11) is 0. The zero-order chi connectivity index (χ0) is 17.5. The predicted molar refractivity (Wildman–Crippen MR) is 116 cm³/mol.